The molecule has 1 aromatic heterocycles. The molecule has 0 saturated carbocycles. The Balaban J connectivity index is 2.88. The Kier molecular flexibility index (Phi) is 2.06. The van der Waals surface area contributed by atoms with Gasteiger partial charge in [-0.2, -0.15) is 10.1 Å². The maximum Gasteiger partial charge on any atom is 0.218 e. The predicted molar refractivity (Wildman–Crippen MR) is 39.4 cm³/mol. The summed E-state index contributed by atoms with van der Waals surface area (Å²) >= 11 is 0. The molecule has 11 heavy (non-hydrogen) atoms. The van der Waals surface area contributed by atoms with E-state index in [9.17, 15) is 0 Å². The quantitative estimate of drug-likeness (QED) is 0.479. The third kappa shape index (κ3) is 1.47. The standard InChI is InChI=1S/C5H11N5O/c1-10-5(7)8-4(9-10)3(6)2-11/h3,11H,2,6H2,1H3,(H2,7,8,9)/t3-/m0/s1. The fourth-order valence-corrected chi connectivity index (χ4v) is 0.656. The largest absolute Gasteiger partial charge is 0.394 e. The van der Waals surface area contributed by atoms with Gasteiger partial charge in [0.2, 0.25) is 5.95 Å². The Morgan fingerprint density at radius 1 is 1.73 bits per heavy atom. The van der Waals surface area contributed by atoms with Crippen LogP contribution >= 0.6 is 0 Å². The summed E-state index contributed by atoms with van der Waals surface area (Å²) in [5.41, 5.74) is 10.8. The van der Waals surface area contributed by atoms with E-state index in [0.29, 0.717) is 11.8 Å². The highest BCUT2D eigenvalue weighted by Crippen LogP contribution is 2.04. The fourth-order valence-electron chi connectivity index (χ4n) is 0.656. The van der Waals surface area contributed by atoms with Gasteiger partial charge in [-0.25, -0.2) is 4.68 Å². The van der Waals surface area contributed by atoms with E-state index in [0.717, 1.165) is 0 Å². The molecule has 0 aliphatic rings. The van der Waals surface area contributed by atoms with Gasteiger partial charge in [0, 0.05) is 7.05 Å². The monoisotopic (exact) mass is 157 g/mol. The summed E-state index contributed by atoms with van der Waals surface area (Å²) in [6.45, 7) is -0.177. The molecule has 0 spiro atoms. The van der Waals surface area contributed by atoms with E-state index in [-0.39, 0.29) is 6.61 Å². The molecule has 0 aliphatic carbocycles. The van der Waals surface area contributed by atoms with Gasteiger partial charge in [-0.1, -0.05) is 0 Å². The lowest BCUT2D eigenvalue weighted by molar-refractivity contribution is 0.263. The Hall–Kier alpha value is -1.14. The minimum Gasteiger partial charge on any atom is -0.394 e. The number of nitrogen functional groups attached to an aromatic ring is 1. The van der Waals surface area contributed by atoms with Crippen molar-refractivity contribution in [2.45, 2.75) is 6.04 Å². The van der Waals surface area contributed by atoms with E-state index >= 15 is 0 Å². The van der Waals surface area contributed by atoms with Crippen molar-refractivity contribution in [1.82, 2.24) is 14.8 Å². The number of hydrogen-bond acceptors (Lipinski definition) is 5. The van der Waals surface area contributed by atoms with Gasteiger partial charge in [0.15, 0.2) is 5.82 Å². The van der Waals surface area contributed by atoms with E-state index in [1.54, 1.807) is 7.05 Å². The Morgan fingerprint density at radius 3 is 2.73 bits per heavy atom. The van der Waals surface area contributed by atoms with Crippen molar-refractivity contribution >= 4 is 5.95 Å². The average molecular weight is 157 g/mol. The molecule has 0 aliphatic heterocycles. The zero-order valence-electron chi connectivity index (χ0n) is 6.23. The van der Waals surface area contributed by atoms with Crippen LogP contribution in [0.15, 0.2) is 0 Å². The van der Waals surface area contributed by atoms with Crippen molar-refractivity contribution in [3.8, 4) is 0 Å². The summed E-state index contributed by atoms with van der Waals surface area (Å²) in [4.78, 5) is 3.83. The molecule has 1 aromatic rings. The molecule has 6 nitrogen and oxygen atoms in total. The first kappa shape index (κ1) is 7.96. The first-order valence-electron chi connectivity index (χ1n) is 3.18. The lowest BCUT2D eigenvalue weighted by Gasteiger charge is -1.99. The maximum absolute atomic E-state index is 8.63. The predicted octanol–water partition coefficient (Wildman–Crippen LogP) is -1.61. The highest BCUT2D eigenvalue weighted by molar-refractivity contribution is 5.16. The molecule has 0 radical (unpaired) electrons. The number of hydrogen-bond donors (Lipinski definition) is 3. The van der Waals surface area contributed by atoms with Gasteiger partial charge in [-0.15, -0.1) is 0 Å². The average Bonchev–Trinajstić information content (AvgIpc) is 2.31. The molecule has 1 rings (SSSR count). The van der Waals surface area contributed by atoms with Crippen LogP contribution < -0.4 is 11.5 Å². The summed E-state index contributed by atoms with van der Waals surface area (Å²) in [5.74, 6) is 0.663. The molecule has 6 heteroatoms. The third-order valence-electron chi connectivity index (χ3n) is 1.34. The molecule has 0 amide bonds. The molecule has 62 valence electrons. The van der Waals surface area contributed by atoms with Crippen LogP contribution in [0.4, 0.5) is 5.95 Å². The van der Waals surface area contributed by atoms with Crippen molar-refractivity contribution in [3.63, 3.8) is 0 Å². The third-order valence-corrected chi connectivity index (χ3v) is 1.34. The molecule has 0 fully saturated rings. The Labute approximate surface area is 63.8 Å². The fraction of sp³-hybridized carbons (Fsp3) is 0.600. The SMILES string of the molecule is Cn1nc([C@@H](N)CO)nc1N. The second-order valence-corrected chi connectivity index (χ2v) is 2.24. The molecule has 5 N–H and O–H groups in total. The van der Waals surface area contributed by atoms with Crippen molar-refractivity contribution in [2.75, 3.05) is 12.3 Å². The highest BCUT2D eigenvalue weighted by Gasteiger charge is 2.10. The Morgan fingerprint density at radius 2 is 2.36 bits per heavy atom. The number of rotatable bonds is 2. The van der Waals surface area contributed by atoms with E-state index in [2.05, 4.69) is 10.1 Å². The van der Waals surface area contributed by atoms with Gasteiger partial charge < -0.3 is 16.6 Å². The molecular formula is C5H11N5O. The van der Waals surface area contributed by atoms with E-state index in [4.69, 9.17) is 16.6 Å². The van der Waals surface area contributed by atoms with Crippen LogP contribution in [0, 0.1) is 0 Å². The number of nitrogens with two attached hydrogens (primary N) is 2. The second kappa shape index (κ2) is 2.85. The minimum atomic E-state index is -0.543. The number of aromatic nitrogens is 3. The van der Waals surface area contributed by atoms with E-state index in [1.165, 1.54) is 4.68 Å². The second-order valence-electron chi connectivity index (χ2n) is 2.24. The highest BCUT2D eigenvalue weighted by atomic mass is 16.3. The van der Waals surface area contributed by atoms with Crippen LogP contribution in [0.5, 0.6) is 0 Å². The van der Waals surface area contributed by atoms with Crippen LogP contribution in [0.25, 0.3) is 0 Å². The van der Waals surface area contributed by atoms with Gasteiger partial charge in [-0.3, -0.25) is 0 Å². The van der Waals surface area contributed by atoms with Crippen molar-refractivity contribution < 1.29 is 5.11 Å². The molecule has 0 bridgehead atoms. The molecule has 0 saturated heterocycles. The number of aliphatic hydroxyl groups is 1. The maximum atomic E-state index is 8.63. The van der Waals surface area contributed by atoms with Gasteiger partial charge in [0.1, 0.15) is 0 Å². The van der Waals surface area contributed by atoms with Crippen LogP contribution in [0.2, 0.25) is 0 Å². The topological polar surface area (TPSA) is 103 Å². The van der Waals surface area contributed by atoms with Crippen molar-refractivity contribution in [1.29, 1.82) is 0 Å². The zero-order chi connectivity index (χ0) is 8.43. The van der Waals surface area contributed by atoms with Crippen LogP contribution in [-0.2, 0) is 7.05 Å². The van der Waals surface area contributed by atoms with Gasteiger partial charge in [0.05, 0.1) is 12.6 Å². The van der Waals surface area contributed by atoms with E-state index < -0.39 is 6.04 Å². The van der Waals surface area contributed by atoms with Gasteiger partial charge >= 0.3 is 0 Å². The summed E-state index contributed by atoms with van der Waals surface area (Å²) in [6, 6.07) is -0.543. The zero-order valence-corrected chi connectivity index (χ0v) is 6.23. The molecule has 1 atom stereocenters. The number of aliphatic hydroxyl groups excluding tert-OH is 1. The summed E-state index contributed by atoms with van der Waals surface area (Å²) in [6.07, 6.45) is 0. The molecule has 0 aromatic carbocycles. The van der Waals surface area contributed by atoms with Crippen LogP contribution in [-0.4, -0.2) is 26.5 Å². The summed E-state index contributed by atoms with van der Waals surface area (Å²) in [5, 5.41) is 12.5. The lowest BCUT2D eigenvalue weighted by atomic mass is 10.3. The number of anilines is 1. The summed E-state index contributed by atoms with van der Waals surface area (Å²) < 4.78 is 1.41. The normalized spacial score (nSPS) is 13.4. The van der Waals surface area contributed by atoms with Crippen molar-refractivity contribution in [3.05, 3.63) is 5.82 Å². The van der Waals surface area contributed by atoms with Gasteiger partial charge in [-0.05, 0) is 0 Å². The van der Waals surface area contributed by atoms with Crippen LogP contribution in [0.1, 0.15) is 11.9 Å². The minimum absolute atomic E-state index is 0.177. The lowest BCUT2D eigenvalue weighted by Crippen LogP contribution is -2.16. The first-order valence-corrected chi connectivity index (χ1v) is 3.18. The van der Waals surface area contributed by atoms with Gasteiger partial charge in [0.25, 0.3) is 0 Å². The molecule has 0 unspecified atom stereocenters. The van der Waals surface area contributed by atoms with Crippen molar-refractivity contribution in [2.24, 2.45) is 12.8 Å². The first-order chi connectivity index (χ1) is 5.15. The van der Waals surface area contributed by atoms with Crippen LogP contribution in [0.3, 0.4) is 0 Å². The number of aryl methyl sites for hydroxylation is 1. The van der Waals surface area contributed by atoms with E-state index in [1.807, 2.05) is 0 Å². The smallest absolute Gasteiger partial charge is 0.218 e. The number of nitrogens with zero attached hydrogens (tertiary/aromatic N) is 3. The Bertz CT molecular complexity index is 226. The summed E-state index contributed by atoms with van der Waals surface area (Å²) in [7, 11) is 1.66. The molecule has 1 heterocycles. The molecular weight excluding hydrogens is 146 g/mol.